The molecule has 1 aromatic heterocycles. The summed E-state index contributed by atoms with van der Waals surface area (Å²) in [6.45, 7) is 5.04. The molecule has 0 saturated heterocycles. The van der Waals surface area contributed by atoms with Crippen molar-refractivity contribution >= 4 is 16.0 Å². The van der Waals surface area contributed by atoms with Crippen LogP contribution in [0.5, 0.6) is 5.75 Å². The van der Waals surface area contributed by atoms with Crippen molar-refractivity contribution in [1.29, 1.82) is 0 Å². The van der Waals surface area contributed by atoms with E-state index in [1.54, 1.807) is 32.9 Å². The third-order valence-electron chi connectivity index (χ3n) is 3.62. The number of hydrogen-bond donors (Lipinski definition) is 0. The number of methoxy groups -OCH3 is 1. The van der Waals surface area contributed by atoms with Gasteiger partial charge < -0.3 is 14.0 Å². The van der Waals surface area contributed by atoms with Crippen molar-refractivity contribution in [3.63, 3.8) is 0 Å². The van der Waals surface area contributed by atoms with E-state index in [0.29, 0.717) is 16.9 Å². The largest absolute Gasteiger partial charge is 0.497 e. The number of aryl methyl sites for hydroxylation is 2. The molecule has 1 aromatic carbocycles. The number of carbonyl (C=O) groups is 1. The molecule has 0 aliphatic heterocycles. The molecule has 0 N–H and O–H groups in total. The third-order valence-corrected chi connectivity index (χ3v) is 5.73. The van der Waals surface area contributed by atoms with E-state index in [1.165, 1.54) is 14.2 Å². The van der Waals surface area contributed by atoms with Crippen LogP contribution in [0.15, 0.2) is 21.6 Å². The predicted molar refractivity (Wildman–Crippen MR) is 91.4 cm³/mol. The number of sulfonamides is 1. The highest BCUT2D eigenvalue weighted by atomic mass is 32.2. The van der Waals surface area contributed by atoms with Crippen LogP contribution in [0.2, 0.25) is 0 Å². The normalized spacial score (nSPS) is 11.6. The minimum atomic E-state index is -3.81. The molecule has 1 heterocycles. The summed E-state index contributed by atoms with van der Waals surface area (Å²) in [5, 5.41) is 3.50. The second-order valence-electron chi connectivity index (χ2n) is 5.58. The van der Waals surface area contributed by atoms with Gasteiger partial charge in [0.15, 0.2) is 0 Å². The van der Waals surface area contributed by atoms with Crippen LogP contribution in [0, 0.1) is 13.8 Å². The van der Waals surface area contributed by atoms with E-state index < -0.39 is 16.0 Å². The number of hydrogen-bond acceptors (Lipinski definition) is 8. The number of aromatic nitrogens is 2. The van der Waals surface area contributed by atoms with Gasteiger partial charge in [-0.05, 0) is 49.2 Å². The molecule has 0 bridgehead atoms. The summed E-state index contributed by atoms with van der Waals surface area (Å²) < 4.78 is 41.8. The second kappa shape index (κ2) is 7.83. The first-order chi connectivity index (χ1) is 12.2. The van der Waals surface area contributed by atoms with Crippen LogP contribution in [0.1, 0.15) is 34.6 Å². The van der Waals surface area contributed by atoms with Crippen LogP contribution in [-0.4, -0.2) is 49.6 Å². The number of nitrogens with zero attached hydrogens (tertiary/aromatic N) is 3. The van der Waals surface area contributed by atoms with Gasteiger partial charge in [-0.3, -0.25) is 0 Å². The van der Waals surface area contributed by atoms with Crippen molar-refractivity contribution < 1.29 is 27.2 Å². The Hall–Kier alpha value is -2.46. The highest BCUT2D eigenvalue weighted by Gasteiger charge is 2.27. The molecule has 0 aliphatic carbocycles. The molecule has 0 fully saturated rings. The summed E-state index contributed by atoms with van der Waals surface area (Å²) in [4.78, 5) is 15.6. The molecule has 0 unspecified atom stereocenters. The monoisotopic (exact) mass is 383 g/mol. The summed E-state index contributed by atoms with van der Waals surface area (Å²) in [5.41, 5.74) is 1.12. The van der Waals surface area contributed by atoms with Gasteiger partial charge in [-0.2, -0.15) is 9.29 Å². The zero-order valence-corrected chi connectivity index (χ0v) is 16.1. The maximum absolute atomic E-state index is 12.9. The summed E-state index contributed by atoms with van der Waals surface area (Å²) in [5.74, 6) is -0.403. The zero-order chi connectivity index (χ0) is 19.5. The van der Waals surface area contributed by atoms with E-state index in [1.807, 2.05) is 0 Å². The van der Waals surface area contributed by atoms with E-state index in [9.17, 15) is 13.2 Å². The molecule has 0 aliphatic rings. The van der Waals surface area contributed by atoms with Crippen LogP contribution < -0.4 is 4.74 Å². The highest BCUT2D eigenvalue weighted by molar-refractivity contribution is 7.89. The lowest BCUT2D eigenvalue weighted by atomic mass is 10.1. The Morgan fingerprint density at radius 2 is 1.88 bits per heavy atom. The maximum atomic E-state index is 12.9. The number of esters is 1. The van der Waals surface area contributed by atoms with Gasteiger partial charge >= 0.3 is 5.97 Å². The van der Waals surface area contributed by atoms with Gasteiger partial charge in [0, 0.05) is 7.05 Å². The summed E-state index contributed by atoms with van der Waals surface area (Å²) >= 11 is 0. The molecule has 0 spiro atoms. The molecule has 0 amide bonds. The Balaban J connectivity index is 2.26. The zero-order valence-electron chi connectivity index (χ0n) is 15.3. The van der Waals surface area contributed by atoms with Gasteiger partial charge in [0.05, 0.1) is 25.2 Å². The Morgan fingerprint density at radius 3 is 2.42 bits per heavy atom. The van der Waals surface area contributed by atoms with Gasteiger partial charge in [-0.25, -0.2) is 13.2 Å². The van der Waals surface area contributed by atoms with E-state index in [0.717, 1.165) is 4.31 Å². The average molecular weight is 383 g/mol. The lowest BCUT2D eigenvalue weighted by molar-refractivity contribution is 0.0508. The van der Waals surface area contributed by atoms with Crippen molar-refractivity contribution in [2.45, 2.75) is 32.2 Å². The van der Waals surface area contributed by atoms with Crippen LogP contribution in [0.3, 0.4) is 0 Å². The topological polar surface area (TPSA) is 112 Å². The third kappa shape index (κ3) is 4.02. The smallest absolute Gasteiger partial charge is 0.379 e. The Bertz CT molecular complexity index is 883. The Kier molecular flexibility index (Phi) is 5.98. The van der Waals surface area contributed by atoms with Crippen molar-refractivity contribution in [2.75, 3.05) is 20.8 Å². The number of rotatable bonds is 7. The van der Waals surface area contributed by atoms with Gasteiger partial charge in [0.25, 0.3) is 5.82 Å². The molecule has 2 rings (SSSR count). The van der Waals surface area contributed by atoms with Crippen molar-refractivity contribution in [3.8, 4) is 5.75 Å². The van der Waals surface area contributed by atoms with E-state index in [2.05, 4.69) is 10.1 Å². The van der Waals surface area contributed by atoms with E-state index >= 15 is 0 Å². The molecule has 0 radical (unpaired) electrons. The standard InChI is InChI=1S/C16H21N3O6S/c1-6-24-16(20)15-17-13(25-18-15)9-19(4)26(21,22)14-10(2)7-12(23-5)8-11(14)3/h7-8H,6,9H2,1-5H3. The lowest BCUT2D eigenvalue weighted by Crippen LogP contribution is -2.28. The van der Waals surface area contributed by atoms with Crippen molar-refractivity contribution in [1.82, 2.24) is 14.4 Å². The molecular weight excluding hydrogens is 362 g/mol. The Labute approximate surface area is 152 Å². The number of benzene rings is 1. The average Bonchev–Trinajstić information content (AvgIpc) is 3.02. The van der Waals surface area contributed by atoms with Crippen LogP contribution in [0.25, 0.3) is 0 Å². The van der Waals surface area contributed by atoms with Gasteiger partial charge in [0.1, 0.15) is 5.75 Å². The molecule has 0 atom stereocenters. The fraction of sp³-hybridized carbons (Fsp3) is 0.438. The predicted octanol–water partition coefficient (Wildman–Crippen LogP) is 1.69. The first-order valence-electron chi connectivity index (χ1n) is 7.82. The van der Waals surface area contributed by atoms with Gasteiger partial charge in [-0.1, -0.05) is 0 Å². The quantitative estimate of drug-likeness (QED) is 0.664. The second-order valence-corrected chi connectivity index (χ2v) is 7.57. The van der Waals surface area contributed by atoms with Crippen LogP contribution in [0.4, 0.5) is 0 Å². The lowest BCUT2D eigenvalue weighted by Gasteiger charge is -2.19. The minimum absolute atomic E-state index is 0.0112. The van der Waals surface area contributed by atoms with Crippen molar-refractivity contribution in [3.05, 3.63) is 35.0 Å². The van der Waals surface area contributed by atoms with E-state index in [4.69, 9.17) is 14.0 Å². The van der Waals surface area contributed by atoms with Gasteiger partial charge in [-0.15, -0.1) is 0 Å². The first-order valence-corrected chi connectivity index (χ1v) is 9.26. The molecule has 10 heteroatoms. The molecule has 9 nitrogen and oxygen atoms in total. The van der Waals surface area contributed by atoms with Crippen LogP contribution >= 0.6 is 0 Å². The Morgan fingerprint density at radius 1 is 1.27 bits per heavy atom. The fourth-order valence-electron chi connectivity index (χ4n) is 2.46. The molecular formula is C16H21N3O6S. The van der Waals surface area contributed by atoms with Gasteiger partial charge in [0.2, 0.25) is 15.9 Å². The SMILES string of the molecule is CCOC(=O)c1noc(CN(C)S(=O)(=O)c2c(C)cc(OC)cc2C)n1. The molecule has 0 saturated carbocycles. The molecule has 2 aromatic rings. The molecule has 26 heavy (non-hydrogen) atoms. The fourth-order valence-corrected chi connectivity index (χ4v) is 3.99. The highest BCUT2D eigenvalue weighted by Crippen LogP contribution is 2.28. The summed E-state index contributed by atoms with van der Waals surface area (Å²) in [7, 11) is -0.896. The number of carbonyl (C=O) groups excluding carboxylic acids is 1. The summed E-state index contributed by atoms with van der Waals surface area (Å²) in [6, 6.07) is 3.30. The summed E-state index contributed by atoms with van der Waals surface area (Å²) in [6.07, 6.45) is 0. The first kappa shape index (κ1) is 19.9. The van der Waals surface area contributed by atoms with E-state index in [-0.39, 0.29) is 29.8 Å². The number of ether oxygens (including phenoxy) is 2. The molecule has 142 valence electrons. The van der Waals surface area contributed by atoms with Crippen molar-refractivity contribution in [2.24, 2.45) is 0 Å². The van der Waals surface area contributed by atoms with Crippen LogP contribution in [-0.2, 0) is 21.3 Å². The minimum Gasteiger partial charge on any atom is -0.497 e. The maximum Gasteiger partial charge on any atom is 0.379 e.